The molecular formula is C20H22ClN3O3. The van der Waals surface area contributed by atoms with Gasteiger partial charge in [-0.05, 0) is 37.3 Å². The Bertz CT molecular complexity index is 820. The van der Waals surface area contributed by atoms with Crippen LogP contribution in [0.1, 0.15) is 17.3 Å². The van der Waals surface area contributed by atoms with Crippen molar-refractivity contribution in [1.82, 2.24) is 4.90 Å². The molecule has 0 aliphatic carbocycles. The second-order valence-electron chi connectivity index (χ2n) is 6.15. The molecule has 1 fully saturated rings. The summed E-state index contributed by atoms with van der Waals surface area (Å²) in [5.74, 6) is -0.445. The number of para-hydroxylation sites is 1. The SMILES string of the molecule is CCOC(=O)c1ccccc1NC(=O)N1CCN(c2cccc(Cl)c2)CC1. The second kappa shape index (κ2) is 8.77. The van der Waals surface area contributed by atoms with E-state index in [2.05, 4.69) is 10.2 Å². The van der Waals surface area contributed by atoms with Gasteiger partial charge in [-0.2, -0.15) is 0 Å². The van der Waals surface area contributed by atoms with E-state index in [4.69, 9.17) is 16.3 Å². The van der Waals surface area contributed by atoms with Gasteiger partial charge in [0.25, 0.3) is 0 Å². The van der Waals surface area contributed by atoms with Gasteiger partial charge < -0.3 is 19.9 Å². The Morgan fingerprint density at radius 3 is 2.52 bits per heavy atom. The number of hydrogen-bond donors (Lipinski definition) is 1. The Hall–Kier alpha value is -2.73. The molecule has 7 heteroatoms. The van der Waals surface area contributed by atoms with Crippen molar-refractivity contribution in [3.63, 3.8) is 0 Å². The monoisotopic (exact) mass is 387 g/mol. The van der Waals surface area contributed by atoms with Gasteiger partial charge in [0, 0.05) is 36.9 Å². The van der Waals surface area contributed by atoms with E-state index < -0.39 is 5.97 Å². The van der Waals surface area contributed by atoms with Crippen LogP contribution in [0.2, 0.25) is 5.02 Å². The predicted octanol–water partition coefficient (Wildman–Crippen LogP) is 3.87. The smallest absolute Gasteiger partial charge is 0.340 e. The predicted molar refractivity (Wildman–Crippen MR) is 107 cm³/mol. The van der Waals surface area contributed by atoms with Crippen molar-refractivity contribution in [3.8, 4) is 0 Å². The molecule has 2 aromatic carbocycles. The molecule has 1 aliphatic rings. The molecule has 2 aromatic rings. The summed E-state index contributed by atoms with van der Waals surface area (Å²) < 4.78 is 5.05. The van der Waals surface area contributed by atoms with Crippen molar-refractivity contribution in [3.05, 3.63) is 59.1 Å². The summed E-state index contributed by atoms with van der Waals surface area (Å²) in [6, 6.07) is 14.3. The van der Waals surface area contributed by atoms with E-state index in [0.717, 1.165) is 5.69 Å². The highest BCUT2D eigenvalue weighted by molar-refractivity contribution is 6.30. The molecule has 0 spiro atoms. The summed E-state index contributed by atoms with van der Waals surface area (Å²) in [6.45, 7) is 4.63. The first-order chi connectivity index (χ1) is 13.1. The number of ether oxygens (including phenoxy) is 1. The summed E-state index contributed by atoms with van der Waals surface area (Å²) in [6.07, 6.45) is 0. The summed E-state index contributed by atoms with van der Waals surface area (Å²) in [5, 5.41) is 3.53. The maximum atomic E-state index is 12.6. The number of carbonyl (C=O) groups is 2. The number of anilines is 2. The average molecular weight is 388 g/mol. The molecule has 0 atom stereocenters. The summed E-state index contributed by atoms with van der Waals surface area (Å²) in [5.41, 5.74) is 1.86. The van der Waals surface area contributed by atoms with Crippen molar-refractivity contribution < 1.29 is 14.3 Å². The van der Waals surface area contributed by atoms with Crippen LogP contribution in [0.5, 0.6) is 0 Å². The maximum Gasteiger partial charge on any atom is 0.340 e. The minimum Gasteiger partial charge on any atom is -0.462 e. The number of hydrogen-bond acceptors (Lipinski definition) is 4. The van der Waals surface area contributed by atoms with Gasteiger partial charge in [-0.3, -0.25) is 0 Å². The molecule has 6 nitrogen and oxygen atoms in total. The highest BCUT2D eigenvalue weighted by atomic mass is 35.5. The van der Waals surface area contributed by atoms with Gasteiger partial charge in [-0.15, -0.1) is 0 Å². The van der Waals surface area contributed by atoms with E-state index >= 15 is 0 Å². The molecule has 2 amide bonds. The Kier molecular flexibility index (Phi) is 6.19. The maximum absolute atomic E-state index is 12.6. The van der Waals surface area contributed by atoms with Gasteiger partial charge in [0.05, 0.1) is 17.9 Å². The van der Waals surface area contributed by atoms with Crippen LogP contribution in [0.4, 0.5) is 16.2 Å². The van der Waals surface area contributed by atoms with Crippen molar-refractivity contribution in [2.45, 2.75) is 6.92 Å². The van der Waals surface area contributed by atoms with Crippen LogP contribution in [0.15, 0.2) is 48.5 Å². The summed E-state index contributed by atoms with van der Waals surface area (Å²) in [7, 11) is 0. The van der Waals surface area contributed by atoms with Gasteiger partial charge in [0.15, 0.2) is 0 Å². The quantitative estimate of drug-likeness (QED) is 0.809. The van der Waals surface area contributed by atoms with Crippen molar-refractivity contribution in [2.75, 3.05) is 43.0 Å². The van der Waals surface area contributed by atoms with Gasteiger partial charge in [-0.25, -0.2) is 9.59 Å². The number of amides is 2. The Morgan fingerprint density at radius 1 is 1.07 bits per heavy atom. The van der Waals surface area contributed by atoms with E-state index in [1.54, 1.807) is 36.1 Å². The molecule has 0 bridgehead atoms. The number of benzene rings is 2. The Labute approximate surface area is 163 Å². The molecule has 0 aromatic heterocycles. The molecular weight excluding hydrogens is 366 g/mol. The van der Waals surface area contributed by atoms with Crippen LogP contribution in [0.25, 0.3) is 0 Å². The molecule has 1 heterocycles. The van der Waals surface area contributed by atoms with E-state index in [9.17, 15) is 9.59 Å². The lowest BCUT2D eigenvalue weighted by molar-refractivity contribution is 0.0527. The number of esters is 1. The topological polar surface area (TPSA) is 61.9 Å². The number of nitrogens with one attached hydrogen (secondary N) is 1. The molecule has 0 saturated carbocycles. The minimum absolute atomic E-state index is 0.225. The first-order valence-corrected chi connectivity index (χ1v) is 9.29. The second-order valence-corrected chi connectivity index (χ2v) is 6.59. The lowest BCUT2D eigenvalue weighted by atomic mass is 10.2. The number of urea groups is 1. The fourth-order valence-corrected chi connectivity index (χ4v) is 3.20. The Morgan fingerprint density at radius 2 is 1.81 bits per heavy atom. The van der Waals surface area contributed by atoms with Crippen LogP contribution in [0, 0.1) is 0 Å². The Balaban J connectivity index is 1.61. The van der Waals surface area contributed by atoms with E-state index in [1.165, 1.54) is 0 Å². The minimum atomic E-state index is -0.445. The summed E-state index contributed by atoms with van der Waals surface area (Å²) >= 11 is 6.06. The number of halogens is 1. The third kappa shape index (κ3) is 4.71. The molecule has 27 heavy (non-hydrogen) atoms. The fraction of sp³-hybridized carbons (Fsp3) is 0.300. The molecule has 142 valence electrons. The van der Waals surface area contributed by atoms with E-state index in [0.29, 0.717) is 42.5 Å². The molecule has 1 aliphatic heterocycles. The van der Waals surface area contributed by atoms with Crippen molar-refractivity contribution >= 4 is 35.0 Å². The van der Waals surface area contributed by atoms with Crippen molar-refractivity contribution in [2.24, 2.45) is 0 Å². The zero-order chi connectivity index (χ0) is 19.2. The zero-order valence-electron chi connectivity index (χ0n) is 15.2. The average Bonchev–Trinajstić information content (AvgIpc) is 2.68. The fourth-order valence-electron chi connectivity index (χ4n) is 3.01. The lowest BCUT2D eigenvalue weighted by Crippen LogP contribution is -2.50. The number of rotatable bonds is 4. The van der Waals surface area contributed by atoms with Gasteiger partial charge >= 0.3 is 12.0 Å². The number of nitrogens with zero attached hydrogens (tertiary/aromatic N) is 2. The normalized spacial score (nSPS) is 14.0. The van der Waals surface area contributed by atoms with Crippen LogP contribution in [0.3, 0.4) is 0 Å². The summed E-state index contributed by atoms with van der Waals surface area (Å²) in [4.78, 5) is 28.6. The third-order valence-electron chi connectivity index (χ3n) is 4.40. The van der Waals surface area contributed by atoms with Crippen molar-refractivity contribution in [1.29, 1.82) is 0 Å². The molecule has 3 rings (SSSR count). The van der Waals surface area contributed by atoms with E-state index in [1.807, 2.05) is 24.3 Å². The number of piperazine rings is 1. The first-order valence-electron chi connectivity index (χ1n) is 8.91. The molecule has 0 unspecified atom stereocenters. The standard InChI is InChI=1S/C20H22ClN3O3/c1-2-27-19(25)17-8-3-4-9-18(17)22-20(26)24-12-10-23(11-13-24)16-7-5-6-15(21)14-16/h3-9,14H,2,10-13H2,1H3,(H,22,26). The highest BCUT2D eigenvalue weighted by Crippen LogP contribution is 2.21. The molecule has 1 N–H and O–H groups in total. The molecule has 1 saturated heterocycles. The van der Waals surface area contributed by atoms with Crippen LogP contribution < -0.4 is 10.2 Å². The highest BCUT2D eigenvalue weighted by Gasteiger charge is 2.23. The van der Waals surface area contributed by atoms with E-state index in [-0.39, 0.29) is 12.6 Å². The third-order valence-corrected chi connectivity index (χ3v) is 4.64. The first kappa shape index (κ1) is 19.0. The van der Waals surface area contributed by atoms with Crippen LogP contribution in [-0.4, -0.2) is 49.7 Å². The molecule has 0 radical (unpaired) electrons. The van der Waals surface area contributed by atoms with Gasteiger partial charge in [0.2, 0.25) is 0 Å². The largest absolute Gasteiger partial charge is 0.462 e. The zero-order valence-corrected chi connectivity index (χ0v) is 15.9. The lowest BCUT2D eigenvalue weighted by Gasteiger charge is -2.36. The van der Waals surface area contributed by atoms with Crippen LogP contribution in [-0.2, 0) is 4.74 Å². The van der Waals surface area contributed by atoms with Gasteiger partial charge in [0.1, 0.15) is 0 Å². The van der Waals surface area contributed by atoms with Gasteiger partial charge in [-0.1, -0.05) is 29.8 Å². The number of carbonyl (C=O) groups excluding carboxylic acids is 2. The van der Waals surface area contributed by atoms with Crippen LogP contribution >= 0.6 is 11.6 Å².